The number of nitrogens with one attached hydrogen (secondary N) is 1. The van der Waals surface area contributed by atoms with Crippen LogP contribution in [0.5, 0.6) is 17.2 Å². The van der Waals surface area contributed by atoms with Crippen LogP contribution in [-0.4, -0.2) is 33.8 Å². The van der Waals surface area contributed by atoms with Gasteiger partial charge in [-0.3, -0.25) is 4.79 Å². The second-order valence-corrected chi connectivity index (χ2v) is 5.18. The average Bonchev–Trinajstić information content (AvgIpc) is 2.65. The van der Waals surface area contributed by atoms with Gasteiger partial charge in [0.1, 0.15) is 17.2 Å². The van der Waals surface area contributed by atoms with Crippen LogP contribution < -0.4 is 19.5 Å². The highest BCUT2D eigenvalue weighted by atomic mass is 16.5. The van der Waals surface area contributed by atoms with Gasteiger partial charge in [-0.2, -0.15) is 0 Å². The molecule has 0 atom stereocenters. The lowest BCUT2D eigenvalue weighted by atomic mass is 10.1. The number of benzene rings is 2. The van der Waals surface area contributed by atoms with E-state index in [9.17, 15) is 4.79 Å². The summed E-state index contributed by atoms with van der Waals surface area (Å²) < 4.78 is 21.2. The first-order valence-electron chi connectivity index (χ1n) is 7.91. The largest absolute Gasteiger partial charge is 0.497 e. The van der Waals surface area contributed by atoms with E-state index in [4.69, 9.17) is 18.9 Å². The Hall–Kier alpha value is -2.73. The number of carbonyl (C=O) groups excluding carboxylic acids is 1. The van der Waals surface area contributed by atoms with Crippen LogP contribution in [0.15, 0.2) is 36.4 Å². The first-order chi connectivity index (χ1) is 12.1. The second kappa shape index (κ2) is 8.94. The first kappa shape index (κ1) is 18.6. The van der Waals surface area contributed by atoms with Gasteiger partial charge in [0.2, 0.25) is 0 Å². The second-order valence-electron chi connectivity index (χ2n) is 5.18. The number of hydrogen-bond acceptors (Lipinski definition) is 5. The van der Waals surface area contributed by atoms with E-state index in [0.717, 1.165) is 5.56 Å². The van der Waals surface area contributed by atoms with Crippen molar-refractivity contribution in [1.29, 1.82) is 0 Å². The van der Waals surface area contributed by atoms with Crippen LogP contribution in [0.1, 0.15) is 22.8 Å². The third-order valence-corrected chi connectivity index (χ3v) is 3.66. The van der Waals surface area contributed by atoms with Crippen molar-refractivity contribution in [2.45, 2.75) is 13.5 Å². The minimum absolute atomic E-state index is 0.257. The van der Waals surface area contributed by atoms with Gasteiger partial charge >= 0.3 is 0 Å². The highest BCUT2D eigenvalue weighted by molar-refractivity contribution is 6.05. The first-order valence-corrected chi connectivity index (χ1v) is 7.91. The van der Waals surface area contributed by atoms with Crippen LogP contribution in [0, 0.1) is 0 Å². The highest BCUT2D eigenvalue weighted by Gasteiger charge is 2.13. The molecule has 2 aromatic rings. The quantitative estimate of drug-likeness (QED) is 0.793. The van der Waals surface area contributed by atoms with Crippen molar-refractivity contribution in [1.82, 2.24) is 0 Å². The molecule has 0 saturated carbocycles. The lowest BCUT2D eigenvalue weighted by Gasteiger charge is -2.13. The molecule has 0 heterocycles. The molecule has 0 radical (unpaired) electrons. The summed E-state index contributed by atoms with van der Waals surface area (Å²) >= 11 is 0. The molecule has 0 spiro atoms. The van der Waals surface area contributed by atoms with Crippen LogP contribution in [0.2, 0.25) is 0 Å². The van der Waals surface area contributed by atoms with Crippen LogP contribution in [0.4, 0.5) is 5.69 Å². The smallest absolute Gasteiger partial charge is 0.255 e. The minimum atomic E-state index is -0.257. The number of ether oxygens (including phenoxy) is 4. The van der Waals surface area contributed by atoms with Gasteiger partial charge in [0.05, 0.1) is 33.6 Å². The van der Waals surface area contributed by atoms with Gasteiger partial charge in [-0.25, -0.2) is 0 Å². The summed E-state index contributed by atoms with van der Waals surface area (Å²) in [5.41, 5.74) is 1.85. The summed E-state index contributed by atoms with van der Waals surface area (Å²) in [6, 6.07) is 10.4. The van der Waals surface area contributed by atoms with Crippen LogP contribution in [-0.2, 0) is 11.3 Å². The number of amides is 1. The molecule has 0 saturated heterocycles. The maximum Gasteiger partial charge on any atom is 0.255 e. The molecule has 1 N–H and O–H groups in total. The zero-order valence-electron chi connectivity index (χ0n) is 14.9. The molecule has 0 unspecified atom stereocenters. The van der Waals surface area contributed by atoms with Crippen LogP contribution in [0.25, 0.3) is 0 Å². The predicted molar refractivity (Wildman–Crippen MR) is 95.8 cm³/mol. The Morgan fingerprint density at radius 1 is 0.960 bits per heavy atom. The fraction of sp³-hybridized carbons (Fsp3) is 0.316. The fourth-order valence-corrected chi connectivity index (χ4v) is 2.35. The number of hydrogen-bond donors (Lipinski definition) is 1. The Balaban J connectivity index is 2.26. The van der Waals surface area contributed by atoms with E-state index in [-0.39, 0.29) is 5.91 Å². The van der Waals surface area contributed by atoms with E-state index < -0.39 is 0 Å². The van der Waals surface area contributed by atoms with Gasteiger partial charge in [0.25, 0.3) is 5.91 Å². The Bertz CT molecular complexity index is 730. The van der Waals surface area contributed by atoms with Gasteiger partial charge < -0.3 is 24.3 Å². The summed E-state index contributed by atoms with van der Waals surface area (Å²) in [5.74, 6) is 1.61. The van der Waals surface area contributed by atoms with Crippen LogP contribution in [0.3, 0.4) is 0 Å². The molecule has 0 aliphatic carbocycles. The van der Waals surface area contributed by atoms with Gasteiger partial charge in [-0.15, -0.1) is 0 Å². The molecular formula is C19H23NO5. The van der Waals surface area contributed by atoms with Crippen molar-refractivity contribution >= 4 is 11.6 Å². The van der Waals surface area contributed by atoms with Crippen LogP contribution >= 0.6 is 0 Å². The third-order valence-electron chi connectivity index (χ3n) is 3.66. The third kappa shape index (κ3) is 4.64. The van der Waals surface area contributed by atoms with Crippen molar-refractivity contribution in [3.05, 3.63) is 47.5 Å². The van der Waals surface area contributed by atoms with E-state index in [2.05, 4.69) is 5.32 Å². The summed E-state index contributed by atoms with van der Waals surface area (Å²) in [6.07, 6.45) is 0. The molecule has 25 heavy (non-hydrogen) atoms. The van der Waals surface area contributed by atoms with E-state index in [1.54, 1.807) is 57.7 Å². The molecule has 0 aliphatic heterocycles. The monoisotopic (exact) mass is 345 g/mol. The molecule has 2 aromatic carbocycles. The standard InChI is InChI=1S/C19H23NO5/c1-5-25-12-14-10-13(6-8-17(14)23-3)19(21)20-16-11-15(22-2)7-9-18(16)24-4/h6-11H,5,12H2,1-4H3,(H,20,21). The maximum absolute atomic E-state index is 12.6. The van der Waals surface area contributed by atoms with Gasteiger partial charge in [0, 0.05) is 23.8 Å². The van der Waals surface area contributed by atoms with Gasteiger partial charge in [-0.1, -0.05) is 0 Å². The van der Waals surface area contributed by atoms with E-state index >= 15 is 0 Å². The molecule has 0 aliphatic rings. The Morgan fingerprint density at radius 2 is 1.68 bits per heavy atom. The molecule has 6 nitrogen and oxygen atoms in total. The molecule has 134 valence electrons. The Morgan fingerprint density at radius 3 is 2.32 bits per heavy atom. The van der Waals surface area contributed by atoms with Crippen molar-refractivity contribution < 1.29 is 23.7 Å². The van der Waals surface area contributed by atoms with E-state index in [1.165, 1.54) is 0 Å². The van der Waals surface area contributed by atoms with Crippen molar-refractivity contribution in [2.24, 2.45) is 0 Å². The fourth-order valence-electron chi connectivity index (χ4n) is 2.35. The maximum atomic E-state index is 12.6. The number of anilines is 1. The SMILES string of the molecule is CCOCc1cc(C(=O)Nc2cc(OC)ccc2OC)ccc1OC. The molecule has 0 fully saturated rings. The molecule has 1 amide bonds. The lowest BCUT2D eigenvalue weighted by Crippen LogP contribution is -2.13. The molecule has 2 rings (SSSR count). The topological polar surface area (TPSA) is 66.0 Å². The molecular weight excluding hydrogens is 322 g/mol. The van der Waals surface area contributed by atoms with Crippen molar-refractivity contribution in [3.8, 4) is 17.2 Å². The average molecular weight is 345 g/mol. The summed E-state index contributed by atoms with van der Waals surface area (Å²) in [5, 5.41) is 2.85. The zero-order chi connectivity index (χ0) is 18.2. The molecule has 0 aromatic heterocycles. The highest BCUT2D eigenvalue weighted by Crippen LogP contribution is 2.29. The predicted octanol–water partition coefficient (Wildman–Crippen LogP) is 3.50. The van der Waals surface area contributed by atoms with E-state index in [0.29, 0.717) is 41.7 Å². The number of carbonyl (C=O) groups is 1. The van der Waals surface area contributed by atoms with Crippen molar-refractivity contribution in [2.75, 3.05) is 33.3 Å². The molecule has 0 bridgehead atoms. The van der Waals surface area contributed by atoms with E-state index in [1.807, 2.05) is 6.92 Å². The summed E-state index contributed by atoms with van der Waals surface area (Å²) in [6.45, 7) is 2.88. The molecule has 6 heteroatoms. The zero-order valence-corrected chi connectivity index (χ0v) is 14.9. The Labute approximate surface area is 147 Å². The Kier molecular flexibility index (Phi) is 6.65. The van der Waals surface area contributed by atoms with Gasteiger partial charge in [-0.05, 0) is 37.3 Å². The minimum Gasteiger partial charge on any atom is -0.497 e. The summed E-state index contributed by atoms with van der Waals surface area (Å²) in [4.78, 5) is 12.6. The number of rotatable bonds is 8. The van der Waals surface area contributed by atoms with Crippen molar-refractivity contribution in [3.63, 3.8) is 0 Å². The number of methoxy groups -OCH3 is 3. The normalized spacial score (nSPS) is 10.2. The lowest BCUT2D eigenvalue weighted by molar-refractivity contribution is 0.102. The summed E-state index contributed by atoms with van der Waals surface area (Å²) in [7, 11) is 4.70. The van der Waals surface area contributed by atoms with Gasteiger partial charge in [0.15, 0.2) is 0 Å².